The van der Waals surface area contributed by atoms with E-state index < -0.39 is 12.1 Å². The van der Waals surface area contributed by atoms with E-state index >= 15 is 0 Å². The molecule has 0 aliphatic rings. The van der Waals surface area contributed by atoms with Crippen molar-refractivity contribution in [3.63, 3.8) is 0 Å². The van der Waals surface area contributed by atoms with Crippen LogP contribution in [-0.4, -0.2) is 18.7 Å². The van der Waals surface area contributed by atoms with Gasteiger partial charge in [-0.25, -0.2) is 9.59 Å². The summed E-state index contributed by atoms with van der Waals surface area (Å²) in [5.41, 5.74) is 1.30. The molecular formula is C18H16ClNO4. The fourth-order valence-corrected chi connectivity index (χ4v) is 1.94. The first kappa shape index (κ1) is 17.6. The molecule has 0 fully saturated rings. The molecule has 2 rings (SSSR count). The summed E-state index contributed by atoms with van der Waals surface area (Å²) in [6, 6.07) is 13.5. The van der Waals surface area contributed by atoms with Crippen LogP contribution in [0.3, 0.4) is 0 Å². The summed E-state index contributed by atoms with van der Waals surface area (Å²) in [5, 5.41) is 3.16. The van der Waals surface area contributed by atoms with E-state index in [4.69, 9.17) is 21.1 Å². The third kappa shape index (κ3) is 5.78. The minimum Gasteiger partial charge on any atom is -0.450 e. The number of amides is 1. The number of nitrogens with one attached hydrogen (secondary N) is 1. The van der Waals surface area contributed by atoms with Crippen LogP contribution >= 0.6 is 11.6 Å². The molecule has 0 heterocycles. The molecule has 0 saturated carbocycles. The second kappa shape index (κ2) is 8.74. The first-order chi connectivity index (χ1) is 11.6. The summed E-state index contributed by atoms with van der Waals surface area (Å²) < 4.78 is 9.98. The summed E-state index contributed by atoms with van der Waals surface area (Å²) >= 11 is 5.80. The number of carbonyl (C=O) groups is 2. The zero-order valence-electron chi connectivity index (χ0n) is 13.0. The molecule has 1 amide bonds. The van der Waals surface area contributed by atoms with Crippen LogP contribution in [0, 0.1) is 0 Å². The molecule has 2 aromatic carbocycles. The summed E-state index contributed by atoms with van der Waals surface area (Å²) in [6.45, 7) is 1.99. The number of ether oxygens (including phenoxy) is 2. The predicted molar refractivity (Wildman–Crippen MR) is 93.2 cm³/mol. The summed E-state index contributed by atoms with van der Waals surface area (Å²) in [7, 11) is 0. The van der Waals surface area contributed by atoms with Crippen LogP contribution in [-0.2, 0) is 9.53 Å². The number of halogens is 1. The average molecular weight is 346 g/mol. The number of anilines is 1. The molecule has 2 aromatic rings. The number of hydrogen-bond acceptors (Lipinski definition) is 4. The van der Waals surface area contributed by atoms with Crippen LogP contribution in [0.1, 0.15) is 12.5 Å². The number of hydrogen-bond donors (Lipinski definition) is 1. The van der Waals surface area contributed by atoms with Gasteiger partial charge in [-0.2, -0.15) is 0 Å². The van der Waals surface area contributed by atoms with Gasteiger partial charge in [0.2, 0.25) is 0 Å². The van der Waals surface area contributed by atoms with Gasteiger partial charge in [-0.15, -0.1) is 0 Å². The summed E-state index contributed by atoms with van der Waals surface area (Å²) in [4.78, 5) is 23.2. The molecule has 124 valence electrons. The fourth-order valence-electron chi connectivity index (χ4n) is 1.81. The molecule has 0 saturated heterocycles. The molecule has 6 heteroatoms. The highest BCUT2D eigenvalue weighted by molar-refractivity contribution is 6.30. The van der Waals surface area contributed by atoms with Crippen LogP contribution in [0.5, 0.6) is 5.75 Å². The lowest BCUT2D eigenvalue weighted by molar-refractivity contribution is -0.128. The maximum atomic E-state index is 11.8. The Morgan fingerprint density at radius 1 is 1.17 bits per heavy atom. The first-order valence-electron chi connectivity index (χ1n) is 7.26. The molecular weight excluding hydrogens is 330 g/mol. The van der Waals surface area contributed by atoms with Gasteiger partial charge in [0, 0.05) is 22.9 Å². The Morgan fingerprint density at radius 2 is 1.92 bits per heavy atom. The summed E-state index contributed by atoms with van der Waals surface area (Å²) in [5.74, 6) is -0.215. The monoisotopic (exact) mass is 345 g/mol. The zero-order chi connectivity index (χ0) is 17.4. The second-order valence-corrected chi connectivity index (χ2v) is 5.12. The Bertz CT molecular complexity index is 741. The molecule has 5 nitrogen and oxygen atoms in total. The van der Waals surface area contributed by atoms with Crippen molar-refractivity contribution in [3.8, 4) is 5.75 Å². The van der Waals surface area contributed by atoms with Crippen molar-refractivity contribution in [2.24, 2.45) is 0 Å². The Morgan fingerprint density at radius 3 is 2.62 bits per heavy atom. The van der Waals surface area contributed by atoms with Gasteiger partial charge in [-0.05, 0) is 42.8 Å². The third-order valence-electron chi connectivity index (χ3n) is 2.86. The van der Waals surface area contributed by atoms with Gasteiger partial charge in [-0.3, -0.25) is 5.32 Å². The number of benzene rings is 2. The van der Waals surface area contributed by atoms with Gasteiger partial charge in [0.15, 0.2) is 0 Å². The quantitative estimate of drug-likeness (QED) is 0.491. The molecule has 0 aromatic heterocycles. The second-order valence-electron chi connectivity index (χ2n) is 4.68. The van der Waals surface area contributed by atoms with Gasteiger partial charge < -0.3 is 9.47 Å². The Balaban J connectivity index is 1.96. The standard InChI is InChI=1S/C18H16ClNO4/c1-2-23-18(22)20-15-4-3-5-16(12-15)24-17(21)11-8-13-6-9-14(19)10-7-13/h3-12H,2H2,1H3,(H,20,22)/b11-8+. The van der Waals surface area contributed by atoms with Gasteiger partial charge in [0.25, 0.3) is 0 Å². The molecule has 0 bridgehead atoms. The molecule has 0 atom stereocenters. The van der Waals surface area contributed by atoms with Crippen molar-refractivity contribution < 1.29 is 19.1 Å². The first-order valence-corrected chi connectivity index (χ1v) is 7.64. The highest BCUT2D eigenvalue weighted by Gasteiger charge is 2.05. The van der Waals surface area contributed by atoms with Crippen molar-refractivity contribution >= 4 is 35.4 Å². The van der Waals surface area contributed by atoms with E-state index in [1.165, 1.54) is 12.1 Å². The minimum atomic E-state index is -0.566. The van der Waals surface area contributed by atoms with Crippen molar-refractivity contribution in [2.45, 2.75) is 6.92 Å². The van der Waals surface area contributed by atoms with Gasteiger partial charge in [-0.1, -0.05) is 29.8 Å². The van der Waals surface area contributed by atoms with E-state index in [9.17, 15) is 9.59 Å². The molecule has 0 radical (unpaired) electrons. The van der Waals surface area contributed by atoms with Crippen molar-refractivity contribution in [1.29, 1.82) is 0 Å². The maximum absolute atomic E-state index is 11.8. The molecule has 0 aliphatic carbocycles. The maximum Gasteiger partial charge on any atom is 0.411 e. The molecule has 0 spiro atoms. The largest absolute Gasteiger partial charge is 0.450 e. The smallest absolute Gasteiger partial charge is 0.411 e. The molecule has 1 N–H and O–H groups in total. The van der Waals surface area contributed by atoms with Crippen LogP contribution in [0.4, 0.5) is 10.5 Å². The minimum absolute atomic E-state index is 0.274. The van der Waals surface area contributed by atoms with Gasteiger partial charge in [0.05, 0.1) is 6.61 Å². The van der Waals surface area contributed by atoms with Crippen LogP contribution in [0.15, 0.2) is 54.6 Å². The molecule has 24 heavy (non-hydrogen) atoms. The van der Waals surface area contributed by atoms with Crippen LogP contribution < -0.4 is 10.1 Å². The number of rotatable bonds is 5. The molecule has 0 unspecified atom stereocenters. The van der Waals surface area contributed by atoms with Crippen molar-refractivity contribution in [2.75, 3.05) is 11.9 Å². The fraction of sp³-hybridized carbons (Fsp3) is 0.111. The van der Waals surface area contributed by atoms with Gasteiger partial charge in [0.1, 0.15) is 5.75 Å². The average Bonchev–Trinajstić information content (AvgIpc) is 2.55. The van der Waals surface area contributed by atoms with Crippen LogP contribution in [0.25, 0.3) is 6.08 Å². The zero-order valence-corrected chi connectivity index (χ0v) is 13.7. The number of esters is 1. The van der Waals surface area contributed by atoms with Gasteiger partial charge >= 0.3 is 12.1 Å². The van der Waals surface area contributed by atoms with Crippen molar-refractivity contribution in [3.05, 3.63) is 65.2 Å². The van der Waals surface area contributed by atoms with E-state index in [1.54, 1.807) is 55.5 Å². The normalized spacial score (nSPS) is 10.4. The SMILES string of the molecule is CCOC(=O)Nc1cccc(OC(=O)/C=C/c2ccc(Cl)cc2)c1. The van der Waals surface area contributed by atoms with E-state index in [2.05, 4.69) is 5.32 Å². The molecule has 0 aliphatic heterocycles. The van der Waals surface area contributed by atoms with Crippen molar-refractivity contribution in [1.82, 2.24) is 0 Å². The lowest BCUT2D eigenvalue weighted by atomic mass is 10.2. The summed E-state index contributed by atoms with van der Waals surface area (Å²) in [6.07, 6.45) is 2.37. The van der Waals surface area contributed by atoms with E-state index in [0.717, 1.165) is 5.56 Å². The highest BCUT2D eigenvalue weighted by atomic mass is 35.5. The lowest BCUT2D eigenvalue weighted by Crippen LogP contribution is -2.13. The third-order valence-corrected chi connectivity index (χ3v) is 3.11. The lowest BCUT2D eigenvalue weighted by Gasteiger charge is -2.07. The predicted octanol–water partition coefficient (Wildman–Crippen LogP) is 4.53. The van der Waals surface area contributed by atoms with E-state index in [-0.39, 0.29) is 6.61 Å². The Kier molecular flexibility index (Phi) is 6.40. The van der Waals surface area contributed by atoms with Crippen LogP contribution in [0.2, 0.25) is 5.02 Å². The Hall–Kier alpha value is -2.79. The highest BCUT2D eigenvalue weighted by Crippen LogP contribution is 2.18. The topological polar surface area (TPSA) is 64.6 Å². The number of carbonyl (C=O) groups excluding carboxylic acids is 2. The van der Waals surface area contributed by atoms with E-state index in [0.29, 0.717) is 16.5 Å². The Labute approximate surface area is 144 Å². The van der Waals surface area contributed by atoms with E-state index in [1.807, 2.05) is 0 Å².